The number of aliphatic carboxylic acids is 1. The number of rotatable bonds is 7. The molecule has 0 aromatic heterocycles. The number of carbonyl (C=O) groups is 2. The van der Waals surface area contributed by atoms with E-state index >= 15 is 0 Å². The summed E-state index contributed by atoms with van der Waals surface area (Å²) in [4.78, 5) is 22.8. The maximum absolute atomic E-state index is 11.5. The van der Waals surface area contributed by atoms with Gasteiger partial charge in [-0.2, -0.15) is 0 Å². The van der Waals surface area contributed by atoms with E-state index in [1.165, 1.54) is 6.92 Å². The quantitative estimate of drug-likeness (QED) is 0.524. The Labute approximate surface area is 132 Å². The Morgan fingerprint density at radius 1 is 1.45 bits per heavy atom. The number of aliphatic hydroxyl groups excluding tert-OH is 1. The molecule has 1 saturated heterocycles. The fraction of sp³-hybridized carbons (Fsp3) is 0.750. The second kappa shape index (κ2) is 8.29. The molecule has 1 aliphatic heterocycles. The molecule has 1 rings (SSSR count). The Kier molecular flexibility index (Phi) is 7.03. The highest BCUT2D eigenvalue weighted by Gasteiger charge is 2.43. The molecule has 1 amide bonds. The van der Waals surface area contributed by atoms with Crippen LogP contribution in [0.15, 0.2) is 12.2 Å². The fourth-order valence-corrected chi connectivity index (χ4v) is 3.05. The molecule has 0 aliphatic carbocycles. The molecule has 0 saturated carbocycles. The smallest absolute Gasteiger partial charge is 0.320 e. The highest BCUT2D eigenvalue weighted by Crippen LogP contribution is 2.28. The molecular formula is C16H28N2O4. The first-order valence-electron chi connectivity index (χ1n) is 7.88. The van der Waals surface area contributed by atoms with Crippen LogP contribution in [0.4, 0.5) is 0 Å². The minimum atomic E-state index is -0.906. The normalized spacial score (nSPS) is 29.2. The van der Waals surface area contributed by atoms with Gasteiger partial charge in [0.2, 0.25) is 5.91 Å². The summed E-state index contributed by atoms with van der Waals surface area (Å²) in [7, 11) is 0. The van der Waals surface area contributed by atoms with Crippen LogP contribution in [-0.4, -0.2) is 46.3 Å². The minimum Gasteiger partial charge on any atom is -0.480 e. The van der Waals surface area contributed by atoms with E-state index in [-0.39, 0.29) is 23.8 Å². The van der Waals surface area contributed by atoms with Crippen molar-refractivity contribution in [1.82, 2.24) is 10.6 Å². The van der Waals surface area contributed by atoms with E-state index in [2.05, 4.69) is 10.6 Å². The van der Waals surface area contributed by atoms with Crippen molar-refractivity contribution in [2.75, 3.05) is 0 Å². The standard InChI is InChI=1S/C16H28N2O4/c1-5-7-11-8-12(16(21)22)18-13(11)14(17-10(4)19)15(20)9(3)6-2/h5,7,9,11-15,18,20H,6,8H2,1-4H3,(H,17,19)(H,21,22)/t9-,11+,12+,13+,14+,15-/m0/s1. The van der Waals surface area contributed by atoms with E-state index in [9.17, 15) is 19.8 Å². The summed E-state index contributed by atoms with van der Waals surface area (Å²) >= 11 is 0. The number of hydrogen-bond donors (Lipinski definition) is 4. The van der Waals surface area contributed by atoms with Gasteiger partial charge in [0, 0.05) is 13.0 Å². The number of carbonyl (C=O) groups excluding carboxylic acids is 1. The zero-order valence-corrected chi connectivity index (χ0v) is 13.7. The number of carboxylic acid groups (broad SMARTS) is 1. The molecule has 6 nitrogen and oxygen atoms in total. The largest absolute Gasteiger partial charge is 0.480 e. The molecule has 0 unspecified atom stereocenters. The summed E-state index contributed by atoms with van der Waals surface area (Å²) in [5.41, 5.74) is 0. The average Bonchev–Trinajstić information content (AvgIpc) is 2.87. The van der Waals surface area contributed by atoms with Gasteiger partial charge in [-0.3, -0.25) is 14.9 Å². The zero-order valence-electron chi connectivity index (χ0n) is 13.7. The van der Waals surface area contributed by atoms with Crippen molar-refractivity contribution >= 4 is 11.9 Å². The third kappa shape index (κ3) is 4.55. The number of allylic oxidation sites excluding steroid dienone is 1. The molecule has 6 heteroatoms. The number of nitrogens with one attached hydrogen (secondary N) is 2. The van der Waals surface area contributed by atoms with Crippen LogP contribution in [-0.2, 0) is 9.59 Å². The van der Waals surface area contributed by atoms with Gasteiger partial charge in [0.25, 0.3) is 0 Å². The maximum Gasteiger partial charge on any atom is 0.320 e. The summed E-state index contributed by atoms with van der Waals surface area (Å²) < 4.78 is 0. The van der Waals surface area contributed by atoms with Crippen LogP contribution >= 0.6 is 0 Å². The van der Waals surface area contributed by atoms with Gasteiger partial charge in [0.15, 0.2) is 0 Å². The molecule has 0 radical (unpaired) electrons. The van der Waals surface area contributed by atoms with Gasteiger partial charge in [-0.25, -0.2) is 0 Å². The van der Waals surface area contributed by atoms with Gasteiger partial charge in [0.1, 0.15) is 6.04 Å². The Hall–Kier alpha value is -1.40. The van der Waals surface area contributed by atoms with Crippen LogP contribution in [0.3, 0.4) is 0 Å². The van der Waals surface area contributed by atoms with Crippen LogP contribution in [0.2, 0.25) is 0 Å². The van der Waals surface area contributed by atoms with Crippen molar-refractivity contribution in [1.29, 1.82) is 0 Å². The predicted molar refractivity (Wildman–Crippen MR) is 84.3 cm³/mol. The first-order chi connectivity index (χ1) is 10.3. The first kappa shape index (κ1) is 18.6. The van der Waals surface area contributed by atoms with Gasteiger partial charge in [-0.1, -0.05) is 32.4 Å². The average molecular weight is 312 g/mol. The van der Waals surface area contributed by atoms with E-state index in [1.54, 1.807) is 0 Å². The summed E-state index contributed by atoms with van der Waals surface area (Å²) in [6.07, 6.45) is 4.32. The number of carboxylic acids is 1. The lowest BCUT2D eigenvalue weighted by Crippen LogP contribution is -2.58. The highest BCUT2D eigenvalue weighted by molar-refractivity contribution is 5.75. The monoisotopic (exact) mass is 312 g/mol. The third-order valence-corrected chi connectivity index (χ3v) is 4.45. The molecule has 126 valence electrons. The number of hydrogen-bond acceptors (Lipinski definition) is 4. The number of amides is 1. The lowest BCUT2D eigenvalue weighted by molar-refractivity contribution is -0.139. The van der Waals surface area contributed by atoms with Crippen LogP contribution in [0.25, 0.3) is 0 Å². The molecule has 0 spiro atoms. The number of aliphatic hydroxyl groups is 1. The van der Waals surface area contributed by atoms with Crippen molar-refractivity contribution in [3.8, 4) is 0 Å². The summed E-state index contributed by atoms with van der Waals surface area (Å²) in [6, 6.07) is -1.48. The van der Waals surface area contributed by atoms with E-state index in [1.807, 2.05) is 32.9 Å². The summed E-state index contributed by atoms with van der Waals surface area (Å²) in [5, 5.41) is 25.7. The van der Waals surface area contributed by atoms with Crippen molar-refractivity contribution in [3.05, 3.63) is 12.2 Å². The lowest BCUT2D eigenvalue weighted by atomic mass is 9.85. The molecule has 0 bridgehead atoms. The molecule has 0 aromatic carbocycles. The topological polar surface area (TPSA) is 98.7 Å². The third-order valence-electron chi connectivity index (χ3n) is 4.45. The molecule has 1 heterocycles. The van der Waals surface area contributed by atoms with Gasteiger partial charge in [0.05, 0.1) is 12.1 Å². The van der Waals surface area contributed by atoms with Crippen molar-refractivity contribution in [2.45, 2.75) is 64.8 Å². The second-order valence-electron chi connectivity index (χ2n) is 6.11. The fourth-order valence-electron chi connectivity index (χ4n) is 3.05. The Morgan fingerprint density at radius 2 is 2.09 bits per heavy atom. The van der Waals surface area contributed by atoms with Crippen molar-refractivity contribution in [3.63, 3.8) is 0 Å². The van der Waals surface area contributed by atoms with E-state index in [4.69, 9.17) is 0 Å². The van der Waals surface area contributed by atoms with Gasteiger partial charge in [-0.15, -0.1) is 0 Å². The highest BCUT2D eigenvalue weighted by atomic mass is 16.4. The SMILES string of the molecule is CC=C[C@@H]1C[C@H](C(=O)O)N[C@H]1[C@@H](NC(C)=O)[C@@H](O)[C@@H](C)CC. The molecule has 1 fully saturated rings. The van der Waals surface area contributed by atoms with Gasteiger partial charge in [-0.05, 0) is 25.2 Å². The minimum absolute atomic E-state index is 0.00813. The van der Waals surface area contributed by atoms with E-state index in [0.29, 0.717) is 6.42 Å². The zero-order chi connectivity index (χ0) is 16.9. The summed E-state index contributed by atoms with van der Waals surface area (Å²) in [5.74, 6) is -1.17. The Bertz CT molecular complexity index is 424. The van der Waals surface area contributed by atoms with Gasteiger partial charge < -0.3 is 15.5 Å². The molecule has 1 aliphatic rings. The molecule has 0 aromatic rings. The van der Waals surface area contributed by atoms with E-state index in [0.717, 1.165) is 6.42 Å². The molecule has 22 heavy (non-hydrogen) atoms. The molecule has 4 N–H and O–H groups in total. The van der Waals surface area contributed by atoms with Gasteiger partial charge >= 0.3 is 5.97 Å². The molecular weight excluding hydrogens is 284 g/mol. The van der Waals surface area contributed by atoms with Crippen LogP contribution in [0.5, 0.6) is 0 Å². The van der Waals surface area contributed by atoms with Crippen LogP contribution in [0, 0.1) is 11.8 Å². The Morgan fingerprint density at radius 3 is 2.55 bits per heavy atom. The Balaban J connectivity index is 3.03. The maximum atomic E-state index is 11.5. The molecule has 6 atom stereocenters. The van der Waals surface area contributed by atoms with Crippen LogP contribution in [0.1, 0.15) is 40.5 Å². The summed E-state index contributed by atoms with van der Waals surface area (Å²) in [6.45, 7) is 7.19. The van der Waals surface area contributed by atoms with Crippen molar-refractivity contribution < 1.29 is 19.8 Å². The first-order valence-corrected chi connectivity index (χ1v) is 7.88. The lowest BCUT2D eigenvalue weighted by Gasteiger charge is -2.34. The van der Waals surface area contributed by atoms with Crippen LogP contribution < -0.4 is 10.6 Å². The second-order valence-corrected chi connectivity index (χ2v) is 6.11. The predicted octanol–water partition coefficient (Wildman–Crippen LogP) is 0.906. The van der Waals surface area contributed by atoms with Crippen molar-refractivity contribution in [2.24, 2.45) is 11.8 Å². The van der Waals surface area contributed by atoms with E-state index < -0.39 is 24.2 Å².